The summed E-state index contributed by atoms with van der Waals surface area (Å²) < 4.78 is 0. The molecule has 0 aromatic heterocycles. The number of amides is 1. The van der Waals surface area contributed by atoms with Crippen molar-refractivity contribution in [3.05, 3.63) is 76.9 Å². The first kappa shape index (κ1) is 16.5. The summed E-state index contributed by atoms with van der Waals surface area (Å²) in [5, 5.41) is 6.10. The predicted octanol–water partition coefficient (Wildman–Crippen LogP) is 3.09. The third-order valence-electron chi connectivity index (χ3n) is 4.33. The number of benzene rings is 2. The molecule has 0 aliphatic carbocycles. The fourth-order valence-electron chi connectivity index (χ4n) is 2.94. The molecule has 3 heteroatoms. The molecule has 0 spiro atoms. The van der Waals surface area contributed by atoms with Crippen LogP contribution in [-0.2, 0) is 24.1 Å². The van der Waals surface area contributed by atoms with Gasteiger partial charge in [-0.2, -0.15) is 0 Å². The third-order valence-corrected chi connectivity index (χ3v) is 4.33. The number of hydrogen-bond donors (Lipinski definition) is 2. The van der Waals surface area contributed by atoms with E-state index in [0.717, 1.165) is 19.3 Å². The van der Waals surface area contributed by atoms with E-state index in [9.17, 15) is 4.79 Å². The van der Waals surface area contributed by atoms with Gasteiger partial charge in [-0.1, -0.05) is 67.6 Å². The molecule has 2 N–H and O–H groups in total. The molecule has 1 atom stereocenters. The zero-order chi connectivity index (χ0) is 16.8. The molecular weight excluding hydrogens is 296 g/mol. The van der Waals surface area contributed by atoms with Crippen molar-refractivity contribution in [3.63, 3.8) is 0 Å². The van der Waals surface area contributed by atoms with E-state index in [1.165, 1.54) is 22.3 Å². The van der Waals surface area contributed by atoms with Gasteiger partial charge >= 0.3 is 0 Å². The van der Waals surface area contributed by atoms with E-state index in [2.05, 4.69) is 78.2 Å². The summed E-state index contributed by atoms with van der Waals surface area (Å²) in [6.45, 7) is 2.59. The minimum absolute atomic E-state index is 0.0498. The zero-order valence-electron chi connectivity index (χ0n) is 14.1. The average Bonchev–Trinajstić information content (AvgIpc) is 3.01. The van der Waals surface area contributed by atoms with Crippen LogP contribution in [-0.4, -0.2) is 18.6 Å². The fraction of sp³-hybridized carbons (Fsp3) is 0.286. The molecule has 1 fully saturated rings. The van der Waals surface area contributed by atoms with Crippen LogP contribution in [0, 0.1) is 0 Å². The van der Waals surface area contributed by atoms with Gasteiger partial charge in [0.2, 0.25) is 5.91 Å². The Kier molecular flexibility index (Phi) is 5.44. The van der Waals surface area contributed by atoms with Crippen LogP contribution in [0.15, 0.2) is 54.6 Å². The normalized spacial score (nSPS) is 17.4. The van der Waals surface area contributed by atoms with E-state index in [1.54, 1.807) is 0 Å². The van der Waals surface area contributed by atoms with Crippen molar-refractivity contribution in [2.45, 2.75) is 32.4 Å². The van der Waals surface area contributed by atoms with Gasteiger partial charge < -0.3 is 5.32 Å². The predicted molar refractivity (Wildman–Crippen MR) is 98.6 cm³/mol. The molecule has 1 saturated heterocycles. The first-order chi connectivity index (χ1) is 11.7. The first-order valence-electron chi connectivity index (χ1n) is 8.59. The molecule has 1 aliphatic rings. The Labute approximate surface area is 143 Å². The van der Waals surface area contributed by atoms with Gasteiger partial charge in [0.15, 0.2) is 0 Å². The van der Waals surface area contributed by atoms with Crippen LogP contribution < -0.4 is 10.6 Å². The minimum Gasteiger partial charge on any atom is -0.339 e. The van der Waals surface area contributed by atoms with Gasteiger partial charge in [0, 0.05) is 6.42 Å². The van der Waals surface area contributed by atoms with Gasteiger partial charge in [-0.15, -0.1) is 0 Å². The second kappa shape index (κ2) is 7.93. The molecule has 0 radical (unpaired) electrons. The van der Waals surface area contributed by atoms with Crippen molar-refractivity contribution in [1.29, 1.82) is 0 Å². The lowest BCUT2D eigenvalue weighted by Gasteiger charge is -2.10. The number of nitrogens with one attached hydrogen (secondary N) is 2. The number of aryl methyl sites for hydroxylation is 1. The second-order valence-electron chi connectivity index (χ2n) is 6.23. The number of carbonyl (C=O) groups is 1. The highest BCUT2D eigenvalue weighted by atomic mass is 16.2. The average molecular weight is 320 g/mol. The summed E-state index contributed by atoms with van der Waals surface area (Å²) in [5.41, 5.74) is 5.13. The molecule has 2 aromatic carbocycles. The Morgan fingerprint density at radius 2 is 1.88 bits per heavy atom. The van der Waals surface area contributed by atoms with Gasteiger partial charge in [-0.25, -0.2) is 0 Å². The zero-order valence-corrected chi connectivity index (χ0v) is 14.1. The SMILES string of the molecule is CCc1ccc(CC=Cc2cccc(CC3NCC(=O)N3)c2)cc1. The number of allylic oxidation sites excluding steroid dienone is 1. The summed E-state index contributed by atoms with van der Waals surface area (Å²) >= 11 is 0. The Morgan fingerprint density at radius 3 is 2.58 bits per heavy atom. The monoisotopic (exact) mass is 320 g/mol. The van der Waals surface area contributed by atoms with E-state index in [4.69, 9.17) is 0 Å². The van der Waals surface area contributed by atoms with Gasteiger partial charge in [0.05, 0.1) is 12.7 Å². The van der Waals surface area contributed by atoms with Crippen LogP contribution >= 0.6 is 0 Å². The molecule has 0 bridgehead atoms. The maximum atomic E-state index is 11.2. The van der Waals surface area contributed by atoms with Crippen molar-refractivity contribution in [1.82, 2.24) is 10.6 Å². The first-order valence-corrected chi connectivity index (χ1v) is 8.59. The third kappa shape index (κ3) is 4.56. The van der Waals surface area contributed by atoms with Crippen molar-refractivity contribution < 1.29 is 4.79 Å². The number of hydrogen-bond acceptors (Lipinski definition) is 2. The second-order valence-corrected chi connectivity index (χ2v) is 6.23. The lowest BCUT2D eigenvalue weighted by atomic mass is 10.0. The molecule has 1 amide bonds. The topological polar surface area (TPSA) is 41.1 Å². The summed E-state index contributed by atoms with van der Waals surface area (Å²) in [7, 11) is 0. The van der Waals surface area contributed by atoms with Crippen molar-refractivity contribution in [2.24, 2.45) is 0 Å². The summed E-state index contributed by atoms with van der Waals surface area (Å²) in [5.74, 6) is 0.0742. The Morgan fingerprint density at radius 1 is 1.08 bits per heavy atom. The van der Waals surface area contributed by atoms with Crippen molar-refractivity contribution >= 4 is 12.0 Å². The summed E-state index contributed by atoms with van der Waals surface area (Å²) in [4.78, 5) is 11.2. The van der Waals surface area contributed by atoms with E-state index < -0.39 is 0 Å². The maximum absolute atomic E-state index is 11.2. The quantitative estimate of drug-likeness (QED) is 0.859. The fourth-order valence-corrected chi connectivity index (χ4v) is 2.94. The smallest absolute Gasteiger partial charge is 0.235 e. The van der Waals surface area contributed by atoms with Crippen LogP contribution in [0.1, 0.15) is 29.2 Å². The largest absolute Gasteiger partial charge is 0.339 e. The molecule has 24 heavy (non-hydrogen) atoms. The van der Waals surface area contributed by atoms with Crippen molar-refractivity contribution in [2.75, 3.05) is 6.54 Å². The molecule has 1 aliphatic heterocycles. The highest BCUT2D eigenvalue weighted by Gasteiger charge is 2.19. The highest BCUT2D eigenvalue weighted by Crippen LogP contribution is 2.11. The van der Waals surface area contributed by atoms with Crippen LogP contribution in [0.5, 0.6) is 0 Å². The number of carbonyl (C=O) groups excluding carboxylic acids is 1. The molecule has 0 saturated carbocycles. The van der Waals surface area contributed by atoms with Gasteiger partial charge in [-0.05, 0) is 35.1 Å². The van der Waals surface area contributed by atoms with Gasteiger partial charge in [-0.3, -0.25) is 10.1 Å². The van der Waals surface area contributed by atoms with Crippen LogP contribution in [0.25, 0.3) is 6.08 Å². The van der Waals surface area contributed by atoms with Crippen molar-refractivity contribution in [3.8, 4) is 0 Å². The minimum atomic E-state index is 0.0498. The van der Waals surface area contributed by atoms with Crippen LogP contribution in [0.2, 0.25) is 0 Å². The molecule has 2 aromatic rings. The Hall–Kier alpha value is -2.39. The Bertz CT molecular complexity index is 719. The maximum Gasteiger partial charge on any atom is 0.235 e. The van der Waals surface area contributed by atoms with E-state index >= 15 is 0 Å². The molecule has 1 unspecified atom stereocenters. The van der Waals surface area contributed by atoms with E-state index in [-0.39, 0.29) is 12.1 Å². The van der Waals surface area contributed by atoms with E-state index in [0.29, 0.717) is 6.54 Å². The van der Waals surface area contributed by atoms with Gasteiger partial charge in [0.1, 0.15) is 0 Å². The molecule has 3 nitrogen and oxygen atoms in total. The summed E-state index contributed by atoms with van der Waals surface area (Å²) in [6.07, 6.45) is 7.25. The molecule has 1 heterocycles. The lowest BCUT2D eigenvalue weighted by Crippen LogP contribution is -2.34. The highest BCUT2D eigenvalue weighted by molar-refractivity contribution is 5.80. The molecule has 124 valence electrons. The van der Waals surface area contributed by atoms with Crippen LogP contribution in [0.3, 0.4) is 0 Å². The number of rotatable bonds is 6. The summed E-state index contributed by atoms with van der Waals surface area (Å²) in [6, 6.07) is 17.3. The molecular formula is C21H24N2O. The van der Waals surface area contributed by atoms with Gasteiger partial charge in [0.25, 0.3) is 0 Å². The van der Waals surface area contributed by atoms with E-state index in [1.807, 2.05) is 0 Å². The lowest BCUT2D eigenvalue weighted by molar-refractivity contribution is -0.118. The van der Waals surface area contributed by atoms with Crippen LogP contribution in [0.4, 0.5) is 0 Å². The Balaban J connectivity index is 1.58. The molecule has 3 rings (SSSR count). The standard InChI is InChI=1S/C21H24N2O/c1-2-16-9-11-17(12-10-16)5-3-6-18-7-4-8-19(13-18)14-20-22-15-21(24)23-20/h3-4,6-13,20,22H,2,5,14-15H2,1H3,(H,23,24).